The van der Waals surface area contributed by atoms with E-state index in [0.29, 0.717) is 0 Å². The van der Waals surface area contributed by atoms with Gasteiger partial charge in [-0.15, -0.1) is 0 Å². The van der Waals surface area contributed by atoms with Crippen LogP contribution in [0.5, 0.6) is 0 Å². The Morgan fingerprint density at radius 2 is 1.67 bits per heavy atom. The third-order valence-corrected chi connectivity index (χ3v) is 0.727. The van der Waals surface area contributed by atoms with Crippen molar-refractivity contribution in [3.63, 3.8) is 0 Å². The van der Waals surface area contributed by atoms with Crippen molar-refractivity contribution in [3.8, 4) is 0 Å². The Kier molecular flexibility index (Phi) is 2.26. The van der Waals surface area contributed by atoms with Gasteiger partial charge in [0.05, 0.1) is 0 Å². The lowest BCUT2D eigenvalue weighted by Gasteiger charge is -1.78. The van der Waals surface area contributed by atoms with Crippen molar-refractivity contribution >= 4 is 9.24 Å². The summed E-state index contributed by atoms with van der Waals surface area (Å²) in [6.45, 7) is 1.06. The van der Waals surface area contributed by atoms with Gasteiger partial charge in [0.2, 0.25) is 0 Å². The first-order chi connectivity index (χ1) is 2.64. The van der Waals surface area contributed by atoms with Gasteiger partial charge in [-0.05, 0) is 6.92 Å². The minimum atomic E-state index is -0.824. The van der Waals surface area contributed by atoms with Gasteiger partial charge in [-0.25, -0.2) is 8.78 Å². The largest absolute Gasteiger partial charge is 0.209 e. The highest BCUT2D eigenvalue weighted by Crippen LogP contribution is 2.12. The molecule has 0 radical (unpaired) electrons. The second-order valence-corrected chi connectivity index (χ2v) is 1.39. The first-order valence-corrected chi connectivity index (χ1v) is 1.99. The lowest BCUT2D eigenvalue weighted by Crippen LogP contribution is -1.56. The Morgan fingerprint density at radius 3 is 1.67 bits per heavy atom. The van der Waals surface area contributed by atoms with Gasteiger partial charge in [0.1, 0.15) is 11.4 Å². The fourth-order valence-corrected chi connectivity index (χ4v) is 0. The molecule has 0 heterocycles. The van der Waals surface area contributed by atoms with Crippen LogP contribution in [0.1, 0.15) is 6.92 Å². The predicted molar refractivity (Wildman–Crippen MR) is 24.6 cm³/mol. The van der Waals surface area contributed by atoms with E-state index in [1.165, 1.54) is 0 Å². The Hall–Kier alpha value is 0.0300. The summed E-state index contributed by atoms with van der Waals surface area (Å²) in [7, 11) is 1.61. The quantitative estimate of drug-likeness (QED) is 0.418. The van der Waals surface area contributed by atoms with Gasteiger partial charge in [-0.3, -0.25) is 0 Å². The molecule has 36 valence electrons. The highest BCUT2D eigenvalue weighted by atomic mass is 31.0. The van der Waals surface area contributed by atoms with Crippen LogP contribution in [0.3, 0.4) is 0 Å². The topological polar surface area (TPSA) is 0 Å². The maximum Gasteiger partial charge on any atom is 0.147 e. The summed E-state index contributed by atoms with van der Waals surface area (Å²) < 4.78 is 22.6. The zero-order valence-electron chi connectivity index (χ0n) is 3.33. The normalized spacial score (nSPS) is 14.0. The molecule has 0 aliphatic heterocycles. The van der Waals surface area contributed by atoms with E-state index in [-0.39, 0.29) is 0 Å². The molecule has 0 aliphatic rings. The molecule has 1 atom stereocenters. The molecule has 0 nitrogen and oxygen atoms in total. The maximum atomic E-state index is 11.3. The first kappa shape index (κ1) is 6.03. The number of hydrogen-bond donors (Lipinski definition) is 0. The average molecular weight is 110 g/mol. The van der Waals surface area contributed by atoms with E-state index in [1.807, 2.05) is 0 Å². The van der Waals surface area contributed by atoms with Crippen molar-refractivity contribution in [3.05, 3.63) is 11.4 Å². The van der Waals surface area contributed by atoms with Gasteiger partial charge in [-0.1, -0.05) is 9.24 Å². The van der Waals surface area contributed by atoms with Crippen molar-refractivity contribution in [2.75, 3.05) is 0 Å². The molecule has 6 heavy (non-hydrogen) atoms. The van der Waals surface area contributed by atoms with Gasteiger partial charge in [-0.2, -0.15) is 0 Å². The summed E-state index contributed by atoms with van der Waals surface area (Å²) in [5, 5.41) is 0. The van der Waals surface area contributed by atoms with Gasteiger partial charge >= 0.3 is 0 Å². The molecule has 0 aromatic carbocycles. The summed E-state index contributed by atoms with van der Waals surface area (Å²) in [6, 6.07) is 0. The minimum Gasteiger partial charge on any atom is -0.209 e. The van der Waals surface area contributed by atoms with Crippen LogP contribution in [0, 0.1) is 0 Å². The van der Waals surface area contributed by atoms with E-state index in [1.54, 1.807) is 9.24 Å². The van der Waals surface area contributed by atoms with Crippen LogP contribution in [0.2, 0.25) is 0 Å². The Morgan fingerprint density at radius 1 is 1.50 bits per heavy atom. The van der Waals surface area contributed by atoms with E-state index in [2.05, 4.69) is 0 Å². The second-order valence-electron chi connectivity index (χ2n) is 0.881. The van der Waals surface area contributed by atoms with Crippen molar-refractivity contribution in [1.29, 1.82) is 0 Å². The smallest absolute Gasteiger partial charge is 0.147 e. The molecule has 3 heteroatoms. The van der Waals surface area contributed by atoms with Gasteiger partial charge in [0.25, 0.3) is 0 Å². The van der Waals surface area contributed by atoms with Crippen molar-refractivity contribution in [1.82, 2.24) is 0 Å². The predicted octanol–water partition coefficient (Wildman–Crippen LogP) is 1.99. The van der Waals surface area contributed by atoms with Gasteiger partial charge in [0, 0.05) is 0 Å². The summed E-state index contributed by atoms with van der Waals surface area (Å²) in [6.07, 6.45) is 0. The van der Waals surface area contributed by atoms with E-state index in [4.69, 9.17) is 0 Å². The highest BCUT2D eigenvalue weighted by molar-refractivity contribution is 7.22. The monoisotopic (exact) mass is 110 g/mol. The van der Waals surface area contributed by atoms with Gasteiger partial charge in [0.15, 0.2) is 0 Å². The molecule has 0 aliphatic carbocycles. The zero-order chi connectivity index (χ0) is 5.15. The van der Waals surface area contributed by atoms with Crippen molar-refractivity contribution in [2.24, 2.45) is 0 Å². The van der Waals surface area contributed by atoms with Crippen molar-refractivity contribution < 1.29 is 8.78 Å². The molecule has 0 rings (SSSR count). The third kappa shape index (κ3) is 2.28. The fraction of sp³-hybridized carbons (Fsp3) is 0.333. The van der Waals surface area contributed by atoms with Crippen molar-refractivity contribution in [2.45, 2.75) is 6.92 Å². The standard InChI is InChI=1S/C3H5F2P/c1-2(4)3(5)6/h6H2,1H3/b3-2-. The first-order valence-electron chi connectivity index (χ1n) is 1.42. The number of hydrogen-bond acceptors (Lipinski definition) is 0. The molecule has 0 saturated heterocycles. The summed E-state index contributed by atoms with van der Waals surface area (Å²) >= 11 is 0. The molecule has 1 unspecified atom stereocenters. The summed E-state index contributed by atoms with van der Waals surface area (Å²) in [4.78, 5) is 0. The molecule has 0 aromatic heterocycles. The zero-order valence-corrected chi connectivity index (χ0v) is 4.49. The summed E-state index contributed by atoms with van der Waals surface area (Å²) in [5.41, 5.74) is -0.824. The van der Waals surface area contributed by atoms with Crippen LogP contribution in [0.25, 0.3) is 0 Å². The van der Waals surface area contributed by atoms with E-state index >= 15 is 0 Å². The lowest BCUT2D eigenvalue weighted by molar-refractivity contribution is 0.574. The molecule has 0 N–H and O–H groups in total. The number of rotatable bonds is 0. The molecule has 0 amide bonds. The van der Waals surface area contributed by atoms with Crippen LogP contribution >= 0.6 is 9.24 Å². The Balaban J connectivity index is 3.68. The number of halogens is 2. The van der Waals surface area contributed by atoms with E-state index in [0.717, 1.165) is 6.92 Å². The molecule has 0 aromatic rings. The fourth-order valence-electron chi connectivity index (χ4n) is 0. The summed E-state index contributed by atoms with van der Waals surface area (Å²) in [5.74, 6) is -0.778. The van der Waals surface area contributed by atoms with Crippen LogP contribution in [-0.4, -0.2) is 0 Å². The molecular formula is C3H5F2P. The molecule has 0 saturated carbocycles. The molecule has 0 bridgehead atoms. The molecular weight excluding hydrogens is 105 g/mol. The van der Waals surface area contributed by atoms with Crippen LogP contribution in [0.4, 0.5) is 8.78 Å². The van der Waals surface area contributed by atoms with E-state index in [9.17, 15) is 8.78 Å². The van der Waals surface area contributed by atoms with Crippen LogP contribution in [-0.2, 0) is 0 Å². The van der Waals surface area contributed by atoms with Crippen LogP contribution in [0.15, 0.2) is 11.4 Å². The van der Waals surface area contributed by atoms with E-state index < -0.39 is 11.4 Å². The SMILES string of the molecule is C/C(F)=C(\F)P. The Bertz CT molecular complexity index is 58.9. The minimum absolute atomic E-state index is 0.778. The molecule has 0 spiro atoms. The highest BCUT2D eigenvalue weighted by Gasteiger charge is 1.86. The number of allylic oxidation sites excluding steroid dienone is 1. The Labute approximate surface area is 37.4 Å². The average Bonchev–Trinajstić information content (AvgIpc) is 1.36. The van der Waals surface area contributed by atoms with Crippen LogP contribution < -0.4 is 0 Å². The molecule has 0 fully saturated rings. The van der Waals surface area contributed by atoms with Gasteiger partial charge < -0.3 is 0 Å². The second kappa shape index (κ2) is 2.25. The third-order valence-electron chi connectivity index (χ3n) is 0.329. The maximum absolute atomic E-state index is 11.3. The lowest BCUT2D eigenvalue weighted by atomic mass is 10.7.